The second-order valence-electron chi connectivity index (χ2n) is 6.59. The number of halogens is 2. The van der Waals surface area contributed by atoms with Crippen LogP contribution in [-0.4, -0.2) is 47.4 Å². The van der Waals surface area contributed by atoms with Gasteiger partial charge in [-0.1, -0.05) is 19.8 Å². The minimum Gasteiger partial charge on any atom is -0.454 e. The third kappa shape index (κ3) is 5.02. The summed E-state index contributed by atoms with van der Waals surface area (Å²) in [7, 11) is 0. The number of esters is 1. The molecule has 0 saturated carbocycles. The summed E-state index contributed by atoms with van der Waals surface area (Å²) in [5.41, 5.74) is -1.09. The van der Waals surface area contributed by atoms with Gasteiger partial charge in [0.25, 0.3) is 11.8 Å². The predicted octanol–water partition coefficient (Wildman–Crippen LogP) is 1.95. The number of carbonyl (C=O) groups excluding carboxylic acids is 4. The Morgan fingerprint density at radius 2 is 1.96 bits per heavy atom. The molecule has 1 heterocycles. The molecule has 1 aliphatic rings. The number of rotatable bonds is 8. The average molecular weight is 397 g/mol. The van der Waals surface area contributed by atoms with E-state index in [-0.39, 0.29) is 5.69 Å². The first-order valence-corrected chi connectivity index (χ1v) is 8.71. The minimum atomic E-state index is -1.14. The van der Waals surface area contributed by atoms with Gasteiger partial charge in [0, 0.05) is 11.8 Å². The van der Waals surface area contributed by atoms with Gasteiger partial charge in [0.1, 0.15) is 12.1 Å². The molecule has 28 heavy (non-hydrogen) atoms. The van der Waals surface area contributed by atoms with Crippen molar-refractivity contribution in [3.8, 4) is 0 Å². The maximum atomic E-state index is 13.1. The molecule has 0 aromatic heterocycles. The van der Waals surface area contributed by atoms with Crippen molar-refractivity contribution >= 4 is 29.5 Å². The molecule has 0 unspecified atom stereocenters. The largest absolute Gasteiger partial charge is 0.454 e. The van der Waals surface area contributed by atoms with Crippen LogP contribution in [0.4, 0.5) is 19.3 Å². The van der Waals surface area contributed by atoms with Crippen LogP contribution in [0.3, 0.4) is 0 Å². The summed E-state index contributed by atoms with van der Waals surface area (Å²) in [6.07, 6.45) is 2.01. The van der Waals surface area contributed by atoms with Gasteiger partial charge in [-0.3, -0.25) is 19.3 Å². The van der Waals surface area contributed by atoms with E-state index in [1.54, 1.807) is 6.92 Å². The highest BCUT2D eigenvalue weighted by atomic mass is 19.2. The van der Waals surface area contributed by atoms with E-state index in [0.717, 1.165) is 35.9 Å². The van der Waals surface area contributed by atoms with Crippen LogP contribution in [0.2, 0.25) is 0 Å². The van der Waals surface area contributed by atoms with Gasteiger partial charge in [-0.2, -0.15) is 0 Å². The Labute approximate surface area is 160 Å². The van der Waals surface area contributed by atoms with Gasteiger partial charge in [-0.05, 0) is 25.5 Å². The number of anilines is 1. The molecule has 2 rings (SSSR count). The number of hydrogen-bond acceptors (Lipinski definition) is 5. The van der Waals surface area contributed by atoms with Gasteiger partial charge >= 0.3 is 12.0 Å². The molecule has 1 aromatic rings. The molecule has 0 bridgehead atoms. The third-order valence-corrected chi connectivity index (χ3v) is 4.23. The van der Waals surface area contributed by atoms with Gasteiger partial charge in [0.2, 0.25) is 0 Å². The third-order valence-electron chi connectivity index (χ3n) is 4.23. The first kappa shape index (κ1) is 21.3. The highest BCUT2D eigenvalue weighted by molar-refractivity contribution is 6.08. The molecule has 0 aliphatic carbocycles. The van der Waals surface area contributed by atoms with E-state index in [1.165, 1.54) is 0 Å². The minimum absolute atomic E-state index is 0.0132. The van der Waals surface area contributed by atoms with Crippen molar-refractivity contribution in [1.29, 1.82) is 0 Å². The van der Waals surface area contributed by atoms with E-state index >= 15 is 0 Å². The van der Waals surface area contributed by atoms with Crippen LogP contribution in [0.15, 0.2) is 18.2 Å². The monoisotopic (exact) mass is 397 g/mol. The Bertz CT molecular complexity index is 801. The molecule has 2 N–H and O–H groups in total. The number of urea groups is 1. The van der Waals surface area contributed by atoms with Gasteiger partial charge < -0.3 is 15.4 Å². The SMILES string of the molecule is CCCC[C@@]1(C)NC(=O)N(CC(=O)OCC(=O)Nc2ccc(F)c(F)c2)C1=O. The molecule has 1 aromatic carbocycles. The number of ether oxygens (including phenoxy) is 1. The molecule has 0 spiro atoms. The lowest BCUT2D eigenvalue weighted by Gasteiger charge is -2.21. The highest BCUT2D eigenvalue weighted by Crippen LogP contribution is 2.23. The molecule has 10 heteroatoms. The summed E-state index contributed by atoms with van der Waals surface area (Å²) >= 11 is 0. The van der Waals surface area contributed by atoms with Crippen molar-refractivity contribution in [2.24, 2.45) is 0 Å². The van der Waals surface area contributed by atoms with Crippen molar-refractivity contribution in [1.82, 2.24) is 10.2 Å². The summed E-state index contributed by atoms with van der Waals surface area (Å²) in [5, 5.41) is 4.79. The number of amides is 4. The van der Waals surface area contributed by atoms with Gasteiger partial charge in [-0.15, -0.1) is 0 Å². The van der Waals surface area contributed by atoms with Gasteiger partial charge in [0.05, 0.1) is 0 Å². The quantitative estimate of drug-likeness (QED) is 0.515. The fraction of sp³-hybridized carbons (Fsp3) is 0.444. The van der Waals surface area contributed by atoms with E-state index in [1.807, 2.05) is 6.92 Å². The van der Waals surface area contributed by atoms with Crippen LogP contribution in [0.1, 0.15) is 33.1 Å². The maximum absolute atomic E-state index is 13.1. The van der Waals surface area contributed by atoms with Crippen molar-refractivity contribution in [2.75, 3.05) is 18.5 Å². The van der Waals surface area contributed by atoms with Crippen LogP contribution in [0.5, 0.6) is 0 Å². The molecule has 8 nitrogen and oxygen atoms in total. The highest BCUT2D eigenvalue weighted by Gasteiger charge is 2.47. The summed E-state index contributed by atoms with van der Waals surface area (Å²) in [6, 6.07) is 2.05. The standard InChI is InChI=1S/C18H21F2N3O5/c1-3-4-7-18(2)16(26)23(17(27)22-18)9-15(25)28-10-14(24)21-11-5-6-12(19)13(20)8-11/h5-6,8H,3-4,7,9-10H2,1-2H3,(H,21,24)(H,22,27)/t18-/m1/s1. The normalized spacial score (nSPS) is 18.8. The topological polar surface area (TPSA) is 105 Å². The maximum Gasteiger partial charge on any atom is 0.326 e. The molecule has 0 radical (unpaired) electrons. The van der Waals surface area contributed by atoms with Gasteiger partial charge in [0.15, 0.2) is 18.2 Å². The van der Waals surface area contributed by atoms with Crippen LogP contribution < -0.4 is 10.6 Å². The molecule has 1 saturated heterocycles. The van der Waals surface area contributed by atoms with Crippen LogP contribution >= 0.6 is 0 Å². The second-order valence-corrected chi connectivity index (χ2v) is 6.59. The first-order valence-electron chi connectivity index (χ1n) is 8.71. The second kappa shape index (κ2) is 8.77. The molecule has 152 valence electrons. The smallest absolute Gasteiger partial charge is 0.326 e. The number of hydrogen-bond donors (Lipinski definition) is 2. The Kier molecular flexibility index (Phi) is 6.66. The Hall–Kier alpha value is -3.04. The number of carbonyl (C=O) groups is 4. The molecule has 1 fully saturated rings. The van der Waals surface area contributed by atoms with Crippen molar-refractivity contribution in [3.05, 3.63) is 29.8 Å². The van der Waals surface area contributed by atoms with E-state index in [2.05, 4.69) is 10.6 Å². The van der Waals surface area contributed by atoms with E-state index < -0.39 is 54.1 Å². The molecule has 1 atom stereocenters. The fourth-order valence-electron chi connectivity index (χ4n) is 2.68. The first-order chi connectivity index (χ1) is 13.2. The van der Waals surface area contributed by atoms with Crippen molar-refractivity contribution in [3.63, 3.8) is 0 Å². The fourth-order valence-corrected chi connectivity index (χ4v) is 2.68. The molecule has 4 amide bonds. The Morgan fingerprint density at radius 3 is 2.61 bits per heavy atom. The number of unbranched alkanes of at least 4 members (excludes halogenated alkanes) is 1. The Morgan fingerprint density at radius 1 is 1.25 bits per heavy atom. The number of imide groups is 1. The lowest BCUT2D eigenvalue weighted by molar-refractivity contribution is -0.150. The summed E-state index contributed by atoms with van der Waals surface area (Å²) in [6.45, 7) is 2.19. The molecular weight excluding hydrogens is 376 g/mol. The van der Waals surface area contributed by atoms with Crippen LogP contribution in [0, 0.1) is 11.6 Å². The molecular formula is C18H21F2N3O5. The summed E-state index contributed by atoms with van der Waals surface area (Å²) in [4.78, 5) is 48.7. The summed E-state index contributed by atoms with van der Waals surface area (Å²) < 4.78 is 30.7. The number of nitrogens with one attached hydrogen (secondary N) is 2. The van der Waals surface area contributed by atoms with Crippen LogP contribution in [-0.2, 0) is 19.1 Å². The van der Waals surface area contributed by atoms with Crippen molar-refractivity contribution in [2.45, 2.75) is 38.6 Å². The number of nitrogens with zero attached hydrogens (tertiary/aromatic N) is 1. The predicted molar refractivity (Wildman–Crippen MR) is 94.1 cm³/mol. The average Bonchev–Trinajstić information content (AvgIpc) is 2.85. The van der Waals surface area contributed by atoms with E-state index in [0.29, 0.717) is 6.42 Å². The van der Waals surface area contributed by atoms with Crippen LogP contribution in [0.25, 0.3) is 0 Å². The lowest BCUT2D eigenvalue weighted by Crippen LogP contribution is -2.44. The zero-order valence-corrected chi connectivity index (χ0v) is 15.5. The zero-order chi connectivity index (χ0) is 20.9. The van der Waals surface area contributed by atoms with E-state index in [4.69, 9.17) is 4.74 Å². The Balaban J connectivity index is 1.84. The molecule has 1 aliphatic heterocycles. The number of benzene rings is 1. The zero-order valence-electron chi connectivity index (χ0n) is 15.5. The lowest BCUT2D eigenvalue weighted by atomic mass is 9.95. The van der Waals surface area contributed by atoms with Gasteiger partial charge in [-0.25, -0.2) is 13.6 Å². The van der Waals surface area contributed by atoms with Crippen molar-refractivity contribution < 1.29 is 32.7 Å². The summed E-state index contributed by atoms with van der Waals surface area (Å²) in [5.74, 6) is -4.48. The van der Waals surface area contributed by atoms with E-state index in [9.17, 15) is 28.0 Å².